The van der Waals surface area contributed by atoms with Crippen LogP contribution in [0.4, 0.5) is 0 Å². The maximum absolute atomic E-state index is 12.0. The zero-order valence-electron chi connectivity index (χ0n) is 15.1. The molecule has 1 aliphatic carbocycles. The van der Waals surface area contributed by atoms with Gasteiger partial charge in [0.1, 0.15) is 24.4 Å². The monoisotopic (exact) mass is 390 g/mol. The maximum atomic E-state index is 12.0. The lowest BCUT2D eigenvalue weighted by molar-refractivity contribution is -0.346. The molecule has 27 heavy (non-hydrogen) atoms. The molecule has 10 nitrogen and oxygen atoms in total. The number of ether oxygens (including phenoxy) is 4. The van der Waals surface area contributed by atoms with E-state index in [0.717, 1.165) is 0 Å². The molecule has 3 aliphatic rings. The molecule has 1 saturated heterocycles. The molecule has 2 heterocycles. The Morgan fingerprint density at radius 1 is 1.26 bits per heavy atom. The van der Waals surface area contributed by atoms with Crippen LogP contribution in [0.3, 0.4) is 0 Å². The summed E-state index contributed by atoms with van der Waals surface area (Å²) in [6.07, 6.45) is -6.19. The lowest BCUT2D eigenvalue weighted by Gasteiger charge is -2.44. The van der Waals surface area contributed by atoms with Crippen LogP contribution < -0.4 is 0 Å². The molecule has 3 rings (SSSR count). The van der Waals surface area contributed by atoms with Crippen molar-refractivity contribution in [3.05, 3.63) is 11.8 Å². The maximum Gasteiger partial charge on any atom is 0.337 e. The van der Waals surface area contributed by atoms with Gasteiger partial charge in [-0.15, -0.1) is 0 Å². The van der Waals surface area contributed by atoms with Crippen molar-refractivity contribution in [2.75, 3.05) is 13.7 Å². The molecule has 0 aromatic rings. The van der Waals surface area contributed by atoms with Gasteiger partial charge in [0.25, 0.3) is 0 Å². The highest BCUT2D eigenvalue weighted by atomic mass is 16.8. The van der Waals surface area contributed by atoms with E-state index in [9.17, 15) is 30.3 Å². The number of fused-ring (bicyclic) bond motifs is 1. The van der Waals surface area contributed by atoms with E-state index in [0.29, 0.717) is 12.8 Å². The normalized spacial score (nSPS) is 47.0. The average Bonchev–Trinajstić information content (AvgIpc) is 2.97. The van der Waals surface area contributed by atoms with E-state index in [4.69, 9.17) is 18.9 Å². The molecule has 154 valence electrons. The number of rotatable bonds is 4. The van der Waals surface area contributed by atoms with Crippen molar-refractivity contribution in [1.82, 2.24) is 0 Å². The Morgan fingerprint density at radius 3 is 2.59 bits per heavy atom. The number of hydrogen-bond acceptors (Lipinski definition) is 10. The highest BCUT2D eigenvalue weighted by Crippen LogP contribution is 2.49. The summed E-state index contributed by atoms with van der Waals surface area (Å²) < 4.78 is 21.3. The molecule has 0 bridgehead atoms. The Kier molecular flexibility index (Phi) is 5.78. The van der Waals surface area contributed by atoms with Crippen molar-refractivity contribution in [2.45, 2.75) is 62.4 Å². The first-order chi connectivity index (χ1) is 12.7. The summed E-state index contributed by atoms with van der Waals surface area (Å²) in [5.74, 6) is -1.59. The molecule has 0 amide bonds. The molecule has 0 unspecified atom stereocenters. The van der Waals surface area contributed by atoms with E-state index >= 15 is 0 Å². The van der Waals surface area contributed by atoms with Gasteiger partial charge >= 0.3 is 5.97 Å². The molecule has 1 saturated carbocycles. The Bertz CT molecular complexity index is 588. The summed E-state index contributed by atoms with van der Waals surface area (Å²) in [5, 5.41) is 49.9. The summed E-state index contributed by atoms with van der Waals surface area (Å²) in [4.78, 5) is 12.0. The van der Waals surface area contributed by atoms with Crippen LogP contribution in [-0.2, 0) is 23.7 Å². The van der Waals surface area contributed by atoms with Gasteiger partial charge < -0.3 is 44.5 Å². The van der Waals surface area contributed by atoms with Crippen LogP contribution in [-0.4, -0.2) is 87.8 Å². The van der Waals surface area contributed by atoms with E-state index in [-0.39, 0.29) is 11.5 Å². The van der Waals surface area contributed by atoms with Crippen molar-refractivity contribution in [2.24, 2.45) is 11.8 Å². The molecule has 0 aromatic heterocycles. The SMILES string of the molecule is COC(=O)C1=CO[C@@H](O[C@@H]2O[C@H](CO)[C@@H](O)[C@H](O)[C@H]2O)[C@H]2[C@H]1CC[C@@]2(C)O. The van der Waals surface area contributed by atoms with Crippen LogP contribution >= 0.6 is 0 Å². The molecule has 2 fully saturated rings. The Labute approximate surface area is 155 Å². The predicted molar refractivity (Wildman–Crippen MR) is 86.7 cm³/mol. The van der Waals surface area contributed by atoms with Gasteiger partial charge in [0.2, 0.25) is 6.29 Å². The van der Waals surface area contributed by atoms with E-state index in [1.807, 2.05) is 0 Å². The number of hydrogen-bond donors (Lipinski definition) is 5. The van der Waals surface area contributed by atoms with Crippen LogP contribution in [0.2, 0.25) is 0 Å². The third-order valence-electron chi connectivity index (χ3n) is 5.67. The van der Waals surface area contributed by atoms with Gasteiger partial charge in [-0.25, -0.2) is 4.79 Å². The first kappa shape index (κ1) is 20.5. The summed E-state index contributed by atoms with van der Waals surface area (Å²) in [6.45, 7) is 1.01. The molecule has 5 N–H and O–H groups in total. The fourth-order valence-corrected chi connectivity index (χ4v) is 4.12. The molecule has 0 spiro atoms. The smallest absolute Gasteiger partial charge is 0.337 e. The Morgan fingerprint density at radius 2 is 1.96 bits per heavy atom. The zero-order chi connectivity index (χ0) is 19.9. The van der Waals surface area contributed by atoms with Gasteiger partial charge in [-0.3, -0.25) is 0 Å². The number of carbonyl (C=O) groups excluding carboxylic acids is 1. The number of aliphatic hydroxyl groups excluding tert-OH is 4. The zero-order valence-corrected chi connectivity index (χ0v) is 15.1. The fraction of sp³-hybridized carbons (Fsp3) is 0.824. The van der Waals surface area contributed by atoms with Crippen LogP contribution in [0, 0.1) is 11.8 Å². The van der Waals surface area contributed by atoms with Crippen molar-refractivity contribution in [3.63, 3.8) is 0 Å². The third-order valence-corrected chi connectivity index (χ3v) is 5.67. The minimum absolute atomic E-state index is 0.286. The second-order valence-corrected chi connectivity index (χ2v) is 7.43. The number of aliphatic hydroxyl groups is 5. The second kappa shape index (κ2) is 7.63. The molecule has 9 atom stereocenters. The molecule has 2 aliphatic heterocycles. The quantitative estimate of drug-likeness (QED) is 0.340. The number of esters is 1. The highest BCUT2D eigenvalue weighted by molar-refractivity contribution is 5.89. The first-order valence-corrected chi connectivity index (χ1v) is 8.83. The van der Waals surface area contributed by atoms with Crippen LogP contribution in [0.25, 0.3) is 0 Å². The van der Waals surface area contributed by atoms with Crippen molar-refractivity contribution >= 4 is 5.97 Å². The largest absolute Gasteiger partial charge is 0.471 e. The minimum Gasteiger partial charge on any atom is -0.471 e. The van der Waals surface area contributed by atoms with Crippen LogP contribution in [0.15, 0.2) is 11.8 Å². The molecule has 0 aromatic carbocycles. The average molecular weight is 390 g/mol. The standard InChI is InChI=1S/C17H26O10/c1-17(23)4-3-7-8(14(22)24-2)6-25-15(10(7)17)27-16-13(21)12(20)11(19)9(5-18)26-16/h6-7,9-13,15-16,18-21,23H,3-5H2,1-2H3/t7-,9+,10+,11+,12-,13+,15-,16-,17+/m0/s1. The summed E-state index contributed by atoms with van der Waals surface area (Å²) in [6, 6.07) is 0. The van der Waals surface area contributed by atoms with E-state index < -0.39 is 61.1 Å². The van der Waals surface area contributed by atoms with E-state index in [1.54, 1.807) is 6.92 Å². The summed E-state index contributed by atoms with van der Waals surface area (Å²) in [5.41, 5.74) is -0.925. The first-order valence-electron chi connectivity index (χ1n) is 8.83. The highest BCUT2D eigenvalue weighted by Gasteiger charge is 2.56. The lowest BCUT2D eigenvalue weighted by atomic mass is 9.81. The minimum atomic E-state index is -1.60. The Balaban J connectivity index is 1.82. The van der Waals surface area contributed by atoms with Crippen molar-refractivity contribution < 1.29 is 49.3 Å². The molecule has 0 radical (unpaired) electrons. The number of carbonyl (C=O) groups is 1. The van der Waals surface area contributed by atoms with Crippen LogP contribution in [0.5, 0.6) is 0 Å². The van der Waals surface area contributed by atoms with Gasteiger partial charge in [-0.2, -0.15) is 0 Å². The van der Waals surface area contributed by atoms with Crippen LogP contribution in [0.1, 0.15) is 19.8 Å². The lowest BCUT2D eigenvalue weighted by Crippen LogP contribution is -2.60. The van der Waals surface area contributed by atoms with Gasteiger partial charge in [0.15, 0.2) is 6.29 Å². The van der Waals surface area contributed by atoms with Gasteiger partial charge in [0.05, 0.1) is 37.1 Å². The summed E-state index contributed by atoms with van der Waals surface area (Å²) >= 11 is 0. The third kappa shape index (κ3) is 3.58. The topological polar surface area (TPSA) is 155 Å². The fourth-order valence-electron chi connectivity index (χ4n) is 4.12. The van der Waals surface area contributed by atoms with E-state index in [2.05, 4.69) is 0 Å². The molecule has 10 heteroatoms. The molecular formula is C17H26O10. The molecular weight excluding hydrogens is 364 g/mol. The van der Waals surface area contributed by atoms with Gasteiger partial charge in [-0.05, 0) is 19.8 Å². The van der Waals surface area contributed by atoms with E-state index in [1.165, 1.54) is 13.4 Å². The van der Waals surface area contributed by atoms with Crippen molar-refractivity contribution in [3.8, 4) is 0 Å². The predicted octanol–water partition coefficient (Wildman–Crippen LogP) is -2.01. The Hall–Kier alpha value is -1.27. The van der Waals surface area contributed by atoms with Crippen molar-refractivity contribution in [1.29, 1.82) is 0 Å². The van der Waals surface area contributed by atoms with Gasteiger partial charge in [-0.1, -0.05) is 0 Å². The summed E-state index contributed by atoms with van der Waals surface area (Å²) in [7, 11) is 1.25. The van der Waals surface area contributed by atoms with Gasteiger partial charge in [0, 0.05) is 5.92 Å². The number of methoxy groups -OCH3 is 1. The second-order valence-electron chi connectivity index (χ2n) is 7.43.